The van der Waals surface area contributed by atoms with E-state index in [2.05, 4.69) is 4.98 Å². The van der Waals surface area contributed by atoms with E-state index in [1.54, 1.807) is 24.4 Å². The number of fused-ring (bicyclic) bond motifs is 1. The van der Waals surface area contributed by atoms with Crippen molar-refractivity contribution in [2.45, 2.75) is 0 Å². The molecule has 0 atom stereocenters. The molecular weight excluding hydrogens is 302 g/mol. The van der Waals surface area contributed by atoms with Crippen molar-refractivity contribution in [1.29, 1.82) is 0 Å². The van der Waals surface area contributed by atoms with Crippen molar-refractivity contribution in [1.82, 2.24) is 9.38 Å². The molecule has 2 aromatic heterocycles. The first-order chi connectivity index (χ1) is 9.60. The first-order valence-electron chi connectivity index (χ1n) is 5.68. The third kappa shape index (κ3) is 2.07. The van der Waals surface area contributed by atoms with Crippen LogP contribution in [0.15, 0.2) is 36.5 Å². The van der Waals surface area contributed by atoms with Gasteiger partial charge < -0.3 is 0 Å². The molecule has 6 heteroatoms. The molecule has 0 aliphatic heterocycles. The van der Waals surface area contributed by atoms with E-state index in [-0.39, 0.29) is 5.82 Å². The second-order valence-corrected chi connectivity index (χ2v) is 5.01. The van der Waals surface area contributed by atoms with Gasteiger partial charge in [0.2, 0.25) is 0 Å². The normalized spacial score (nSPS) is 10.9. The third-order valence-electron chi connectivity index (χ3n) is 2.91. The van der Waals surface area contributed by atoms with E-state index in [0.717, 1.165) is 0 Å². The average molecular weight is 309 g/mol. The van der Waals surface area contributed by atoms with Crippen LogP contribution in [0.1, 0.15) is 10.5 Å². The van der Waals surface area contributed by atoms with Gasteiger partial charge in [0, 0.05) is 11.8 Å². The average Bonchev–Trinajstić information content (AvgIpc) is 2.78. The predicted octanol–water partition coefficient (Wildman–Crippen LogP) is 4.26. The van der Waals surface area contributed by atoms with Gasteiger partial charge in [-0.05, 0) is 30.3 Å². The summed E-state index contributed by atoms with van der Waals surface area (Å²) in [7, 11) is 0. The predicted molar refractivity (Wildman–Crippen MR) is 76.0 cm³/mol. The van der Waals surface area contributed by atoms with Crippen LogP contribution in [0.2, 0.25) is 10.0 Å². The molecule has 0 fully saturated rings. The smallest absolute Gasteiger partial charge is 0.169 e. The van der Waals surface area contributed by atoms with Crippen LogP contribution >= 0.6 is 23.2 Å². The highest BCUT2D eigenvalue weighted by Gasteiger charge is 2.16. The van der Waals surface area contributed by atoms with Crippen molar-refractivity contribution in [3.63, 3.8) is 0 Å². The summed E-state index contributed by atoms with van der Waals surface area (Å²) in [6.45, 7) is 0. The van der Waals surface area contributed by atoms with E-state index in [1.807, 2.05) is 0 Å². The summed E-state index contributed by atoms with van der Waals surface area (Å²) in [5.41, 5.74) is 1.81. The Balaban J connectivity index is 2.33. The molecule has 3 nitrogen and oxygen atoms in total. The molecule has 0 aliphatic rings. The number of hydrogen-bond acceptors (Lipinski definition) is 2. The summed E-state index contributed by atoms with van der Waals surface area (Å²) in [5.74, 6) is -0.355. The van der Waals surface area contributed by atoms with E-state index in [0.29, 0.717) is 38.9 Å². The molecule has 0 bridgehead atoms. The minimum atomic E-state index is -0.355. The van der Waals surface area contributed by atoms with Gasteiger partial charge in [-0.2, -0.15) is 0 Å². The number of rotatable bonds is 2. The molecule has 0 radical (unpaired) electrons. The summed E-state index contributed by atoms with van der Waals surface area (Å²) < 4.78 is 14.5. The molecule has 3 aromatic rings. The highest BCUT2D eigenvalue weighted by molar-refractivity contribution is 6.36. The number of nitrogens with zero attached hydrogens (tertiary/aromatic N) is 2. The molecule has 0 aliphatic carbocycles. The standard InChI is InChI=1S/C14H7Cl2FN2O/c15-9-5-11(16)14-18-13(12(7-20)19(14)6-9)8-1-3-10(17)4-2-8/h1-7H. The fourth-order valence-corrected chi connectivity index (χ4v) is 2.54. The van der Waals surface area contributed by atoms with Crippen molar-refractivity contribution in [3.8, 4) is 11.3 Å². The van der Waals surface area contributed by atoms with E-state index < -0.39 is 0 Å². The van der Waals surface area contributed by atoms with Crippen LogP contribution in [0.25, 0.3) is 16.9 Å². The lowest BCUT2D eigenvalue weighted by Crippen LogP contribution is -1.92. The van der Waals surface area contributed by atoms with Crippen molar-refractivity contribution in [2.24, 2.45) is 0 Å². The fourth-order valence-electron chi connectivity index (χ4n) is 2.02. The van der Waals surface area contributed by atoms with Crippen LogP contribution in [0.5, 0.6) is 0 Å². The summed E-state index contributed by atoms with van der Waals surface area (Å²) >= 11 is 12.0. The van der Waals surface area contributed by atoms with Crippen LogP contribution in [0.4, 0.5) is 4.39 Å². The maximum atomic E-state index is 13.0. The monoisotopic (exact) mass is 308 g/mol. The summed E-state index contributed by atoms with van der Waals surface area (Å²) in [4.78, 5) is 15.7. The summed E-state index contributed by atoms with van der Waals surface area (Å²) in [5, 5.41) is 0.739. The van der Waals surface area contributed by atoms with Crippen LogP contribution in [-0.2, 0) is 0 Å². The second kappa shape index (κ2) is 4.89. The first kappa shape index (κ1) is 13.1. The molecule has 3 rings (SSSR count). The van der Waals surface area contributed by atoms with Gasteiger partial charge in [0.15, 0.2) is 11.9 Å². The van der Waals surface area contributed by atoms with Gasteiger partial charge in [0.1, 0.15) is 17.2 Å². The molecule has 2 heterocycles. The molecule has 0 saturated carbocycles. The number of aldehydes is 1. The van der Waals surface area contributed by atoms with Gasteiger partial charge in [0.05, 0.1) is 10.0 Å². The molecule has 0 spiro atoms. The zero-order chi connectivity index (χ0) is 14.3. The Morgan fingerprint density at radius 3 is 2.55 bits per heavy atom. The Labute approximate surface area is 123 Å². The zero-order valence-corrected chi connectivity index (χ0v) is 11.5. The lowest BCUT2D eigenvalue weighted by molar-refractivity contribution is 0.111. The number of imidazole rings is 1. The van der Waals surface area contributed by atoms with Crippen molar-refractivity contribution < 1.29 is 9.18 Å². The van der Waals surface area contributed by atoms with Crippen LogP contribution in [0.3, 0.4) is 0 Å². The first-order valence-corrected chi connectivity index (χ1v) is 6.44. The van der Waals surface area contributed by atoms with Crippen LogP contribution in [0, 0.1) is 5.82 Å². The molecule has 0 N–H and O–H groups in total. The van der Waals surface area contributed by atoms with Crippen molar-refractivity contribution in [2.75, 3.05) is 0 Å². The van der Waals surface area contributed by atoms with E-state index in [1.165, 1.54) is 16.5 Å². The Hall–Kier alpha value is -1.91. The van der Waals surface area contributed by atoms with Gasteiger partial charge in [-0.25, -0.2) is 9.37 Å². The molecule has 0 amide bonds. The number of hydrogen-bond donors (Lipinski definition) is 0. The zero-order valence-electron chi connectivity index (χ0n) is 9.98. The molecule has 100 valence electrons. The Kier molecular flexibility index (Phi) is 3.20. The SMILES string of the molecule is O=Cc1c(-c2ccc(F)cc2)nc2c(Cl)cc(Cl)cn12. The highest BCUT2D eigenvalue weighted by atomic mass is 35.5. The second-order valence-electron chi connectivity index (χ2n) is 4.17. The number of aromatic nitrogens is 2. The quantitative estimate of drug-likeness (QED) is 0.663. The number of carbonyl (C=O) groups excluding carboxylic acids is 1. The number of pyridine rings is 1. The topological polar surface area (TPSA) is 34.4 Å². The van der Waals surface area contributed by atoms with Gasteiger partial charge in [-0.1, -0.05) is 23.2 Å². The number of benzene rings is 1. The Bertz CT molecular complexity index is 812. The van der Waals surface area contributed by atoms with E-state index >= 15 is 0 Å². The van der Waals surface area contributed by atoms with Gasteiger partial charge in [0.25, 0.3) is 0 Å². The highest BCUT2D eigenvalue weighted by Crippen LogP contribution is 2.28. The largest absolute Gasteiger partial charge is 0.296 e. The number of carbonyl (C=O) groups is 1. The fraction of sp³-hybridized carbons (Fsp3) is 0. The molecule has 20 heavy (non-hydrogen) atoms. The maximum Gasteiger partial charge on any atom is 0.169 e. The maximum absolute atomic E-state index is 13.0. The van der Waals surface area contributed by atoms with Crippen molar-refractivity contribution in [3.05, 3.63) is 58.1 Å². The van der Waals surface area contributed by atoms with Gasteiger partial charge in [-0.15, -0.1) is 0 Å². The minimum absolute atomic E-state index is 0.316. The Morgan fingerprint density at radius 1 is 1.20 bits per heavy atom. The number of halogens is 3. The molecule has 1 aromatic carbocycles. The van der Waals surface area contributed by atoms with E-state index in [4.69, 9.17) is 23.2 Å². The summed E-state index contributed by atoms with van der Waals surface area (Å²) in [6.07, 6.45) is 2.23. The summed E-state index contributed by atoms with van der Waals surface area (Å²) in [6, 6.07) is 7.28. The third-order valence-corrected chi connectivity index (χ3v) is 3.39. The van der Waals surface area contributed by atoms with Crippen LogP contribution in [-0.4, -0.2) is 15.7 Å². The van der Waals surface area contributed by atoms with E-state index in [9.17, 15) is 9.18 Å². The molecule has 0 saturated heterocycles. The molecule has 0 unspecified atom stereocenters. The van der Waals surface area contributed by atoms with Crippen molar-refractivity contribution >= 4 is 35.1 Å². The van der Waals surface area contributed by atoms with Gasteiger partial charge >= 0.3 is 0 Å². The lowest BCUT2D eigenvalue weighted by atomic mass is 10.1. The Morgan fingerprint density at radius 2 is 1.90 bits per heavy atom. The van der Waals surface area contributed by atoms with Crippen LogP contribution < -0.4 is 0 Å². The minimum Gasteiger partial charge on any atom is -0.296 e. The van der Waals surface area contributed by atoms with Gasteiger partial charge in [-0.3, -0.25) is 9.20 Å². The molecular formula is C14H7Cl2FN2O. The lowest BCUT2D eigenvalue weighted by Gasteiger charge is -1.99.